The largest absolute Gasteiger partial charge is 0.480 e. The van der Waals surface area contributed by atoms with Crippen LogP contribution in [0, 0.1) is 0 Å². The Morgan fingerprint density at radius 2 is 1.47 bits per heavy atom. The molecule has 0 saturated heterocycles. The number of fused-ring (bicyclic) bond motifs is 3. The van der Waals surface area contributed by atoms with E-state index in [0.717, 1.165) is 27.8 Å². The minimum absolute atomic E-state index is 0.108. The monoisotopic (exact) mass is 516 g/mol. The van der Waals surface area contributed by atoms with E-state index in [9.17, 15) is 19.5 Å². The minimum atomic E-state index is -1.12. The highest BCUT2D eigenvalue weighted by molar-refractivity contribution is 5.85. The van der Waals surface area contributed by atoms with Crippen molar-refractivity contribution in [1.82, 2.24) is 4.90 Å². The number of nitrogens with one attached hydrogen (secondary N) is 1. The fourth-order valence-electron chi connectivity index (χ4n) is 4.52. The molecule has 2 amide bonds. The molecule has 2 N–H and O–H groups in total. The standard InChI is InChI=1S/C30H32N2O6/c1-30(2,3)38-28(35)31-21-14-12-20(13-15-21)16-17-32(18-27(33)34)29(36)37-19-26-24-10-6-4-8-22(24)23-9-5-7-11-25(23)26/h4-15,26H,16-19H2,1-3H3,(H,31,35)(H,33,34). The number of carboxylic acids is 1. The van der Waals surface area contributed by atoms with Gasteiger partial charge in [-0.1, -0.05) is 60.7 Å². The lowest BCUT2D eigenvalue weighted by Crippen LogP contribution is -2.38. The van der Waals surface area contributed by atoms with Crippen molar-refractivity contribution in [3.63, 3.8) is 0 Å². The lowest BCUT2D eigenvalue weighted by Gasteiger charge is -2.22. The maximum absolute atomic E-state index is 12.9. The molecule has 0 aromatic heterocycles. The van der Waals surface area contributed by atoms with Crippen molar-refractivity contribution in [2.75, 3.05) is 25.0 Å². The molecule has 8 heteroatoms. The summed E-state index contributed by atoms with van der Waals surface area (Å²) < 4.78 is 10.9. The van der Waals surface area contributed by atoms with E-state index in [2.05, 4.69) is 17.4 Å². The molecule has 3 aromatic rings. The predicted molar refractivity (Wildman–Crippen MR) is 144 cm³/mol. The Kier molecular flexibility index (Phi) is 8.00. The van der Waals surface area contributed by atoms with Gasteiger partial charge in [0, 0.05) is 18.2 Å². The number of aliphatic carboxylic acids is 1. The molecular weight excluding hydrogens is 484 g/mol. The Morgan fingerprint density at radius 3 is 2.03 bits per heavy atom. The van der Waals surface area contributed by atoms with Crippen LogP contribution in [0.25, 0.3) is 11.1 Å². The van der Waals surface area contributed by atoms with Crippen LogP contribution in [0.5, 0.6) is 0 Å². The van der Waals surface area contributed by atoms with Gasteiger partial charge in [-0.2, -0.15) is 0 Å². The summed E-state index contributed by atoms with van der Waals surface area (Å²) in [5.74, 6) is -1.22. The van der Waals surface area contributed by atoms with Gasteiger partial charge in [0.25, 0.3) is 0 Å². The number of hydrogen-bond donors (Lipinski definition) is 2. The van der Waals surface area contributed by atoms with Gasteiger partial charge in [-0.15, -0.1) is 0 Å². The Bertz CT molecular complexity index is 1270. The van der Waals surface area contributed by atoms with Crippen LogP contribution in [-0.2, 0) is 20.7 Å². The van der Waals surface area contributed by atoms with Crippen LogP contribution in [0.1, 0.15) is 43.4 Å². The molecule has 0 fully saturated rings. The number of amides is 2. The van der Waals surface area contributed by atoms with Gasteiger partial charge in [-0.05, 0) is 67.1 Å². The molecule has 38 heavy (non-hydrogen) atoms. The SMILES string of the molecule is CC(C)(C)OC(=O)Nc1ccc(CCN(CC(=O)O)C(=O)OCC2c3ccccc3-c3ccccc32)cc1. The predicted octanol–water partition coefficient (Wildman–Crippen LogP) is 5.91. The molecule has 198 valence electrons. The summed E-state index contributed by atoms with van der Waals surface area (Å²) in [5, 5.41) is 12.0. The van der Waals surface area contributed by atoms with E-state index in [-0.39, 0.29) is 19.1 Å². The first-order valence-corrected chi connectivity index (χ1v) is 12.5. The first-order chi connectivity index (χ1) is 18.1. The topological polar surface area (TPSA) is 105 Å². The quantitative estimate of drug-likeness (QED) is 0.386. The second kappa shape index (κ2) is 11.4. The van der Waals surface area contributed by atoms with E-state index in [4.69, 9.17) is 9.47 Å². The van der Waals surface area contributed by atoms with Crippen LogP contribution in [0.4, 0.5) is 15.3 Å². The van der Waals surface area contributed by atoms with E-state index in [1.807, 2.05) is 48.5 Å². The third-order valence-corrected chi connectivity index (χ3v) is 6.19. The van der Waals surface area contributed by atoms with Crippen molar-refractivity contribution >= 4 is 23.8 Å². The Hall–Kier alpha value is -4.33. The number of ether oxygens (including phenoxy) is 2. The number of carbonyl (C=O) groups is 3. The molecular formula is C30H32N2O6. The summed E-state index contributed by atoms with van der Waals surface area (Å²) in [5.41, 5.74) is 5.27. The normalized spacial score (nSPS) is 12.3. The summed E-state index contributed by atoms with van der Waals surface area (Å²) >= 11 is 0. The van der Waals surface area contributed by atoms with Gasteiger partial charge in [0.15, 0.2) is 0 Å². The smallest absolute Gasteiger partial charge is 0.412 e. The van der Waals surface area contributed by atoms with E-state index in [1.54, 1.807) is 32.9 Å². The second-order valence-electron chi connectivity index (χ2n) is 10.2. The molecule has 8 nitrogen and oxygen atoms in total. The number of benzene rings is 3. The van der Waals surface area contributed by atoms with Gasteiger partial charge in [-0.25, -0.2) is 9.59 Å². The summed E-state index contributed by atoms with van der Waals surface area (Å²) in [7, 11) is 0. The zero-order valence-electron chi connectivity index (χ0n) is 21.8. The molecule has 0 unspecified atom stereocenters. The number of anilines is 1. The first-order valence-electron chi connectivity index (χ1n) is 12.5. The molecule has 1 aliphatic carbocycles. The average molecular weight is 517 g/mol. The zero-order chi connectivity index (χ0) is 27.3. The van der Waals surface area contributed by atoms with Gasteiger partial charge in [0.05, 0.1) is 0 Å². The average Bonchev–Trinajstić information content (AvgIpc) is 3.18. The number of hydrogen-bond acceptors (Lipinski definition) is 5. The molecule has 0 radical (unpaired) electrons. The first kappa shape index (κ1) is 26.7. The lowest BCUT2D eigenvalue weighted by atomic mass is 9.98. The van der Waals surface area contributed by atoms with E-state index in [0.29, 0.717) is 12.1 Å². The summed E-state index contributed by atoms with van der Waals surface area (Å²) in [6, 6.07) is 23.2. The molecule has 4 rings (SSSR count). The molecule has 0 spiro atoms. The highest BCUT2D eigenvalue weighted by atomic mass is 16.6. The third kappa shape index (κ3) is 6.70. The van der Waals surface area contributed by atoms with Crippen LogP contribution in [-0.4, -0.2) is 53.5 Å². The van der Waals surface area contributed by atoms with E-state index in [1.165, 1.54) is 4.90 Å². The van der Waals surface area contributed by atoms with Crippen LogP contribution < -0.4 is 5.32 Å². The van der Waals surface area contributed by atoms with Gasteiger partial charge < -0.3 is 14.6 Å². The molecule has 1 aliphatic rings. The minimum Gasteiger partial charge on any atom is -0.480 e. The van der Waals surface area contributed by atoms with Crippen molar-refractivity contribution < 1.29 is 29.0 Å². The highest BCUT2D eigenvalue weighted by Gasteiger charge is 2.30. The Morgan fingerprint density at radius 1 is 0.895 bits per heavy atom. The Labute approximate surface area is 222 Å². The molecule has 0 aliphatic heterocycles. The van der Waals surface area contributed by atoms with E-state index >= 15 is 0 Å². The maximum atomic E-state index is 12.9. The van der Waals surface area contributed by atoms with Crippen molar-refractivity contribution in [1.29, 1.82) is 0 Å². The molecule has 3 aromatic carbocycles. The fourth-order valence-corrected chi connectivity index (χ4v) is 4.52. The molecule has 0 saturated carbocycles. The third-order valence-electron chi connectivity index (χ3n) is 6.19. The summed E-state index contributed by atoms with van der Waals surface area (Å²) in [6.07, 6.45) is -0.796. The second-order valence-corrected chi connectivity index (χ2v) is 10.2. The summed E-state index contributed by atoms with van der Waals surface area (Å²) in [4.78, 5) is 37.6. The lowest BCUT2D eigenvalue weighted by molar-refractivity contribution is -0.138. The zero-order valence-corrected chi connectivity index (χ0v) is 21.8. The number of carbonyl (C=O) groups excluding carboxylic acids is 2. The van der Waals surface area contributed by atoms with Crippen molar-refractivity contribution in [3.8, 4) is 11.1 Å². The Balaban J connectivity index is 1.36. The highest BCUT2D eigenvalue weighted by Crippen LogP contribution is 2.44. The summed E-state index contributed by atoms with van der Waals surface area (Å²) in [6.45, 7) is 5.18. The van der Waals surface area contributed by atoms with Crippen LogP contribution >= 0.6 is 0 Å². The number of carboxylic acid groups (broad SMARTS) is 1. The molecule has 0 heterocycles. The van der Waals surface area contributed by atoms with Crippen LogP contribution in [0.3, 0.4) is 0 Å². The van der Waals surface area contributed by atoms with Crippen molar-refractivity contribution in [2.45, 2.75) is 38.7 Å². The van der Waals surface area contributed by atoms with Gasteiger partial charge in [0.2, 0.25) is 0 Å². The van der Waals surface area contributed by atoms with Gasteiger partial charge in [-0.3, -0.25) is 15.0 Å². The van der Waals surface area contributed by atoms with Crippen LogP contribution in [0.15, 0.2) is 72.8 Å². The van der Waals surface area contributed by atoms with Crippen molar-refractivity contribution in [2.24, 2.45) is 0 Å². The van der Waals surface area contributed by atoms with Crippen LogP contribution in [0.2, 0.25) is 0 Å². The molecule has 0 atom stereocenters. The van der Waals surface area contributed by atoms with Gasteiger partial charge in [0.1, 0.15) is 18.8 Å². The number of rotatable bonds is 8. The van der Waals surface area contributed by atoms with Gasteiger partial charge >= 0.3 is 18.2 Å². The maximum Gasteiger partial charge on any atom is 0.412 e. The number of nitrogens with zero attached hydrogens (tertiary/aromatic N) is 1. The molecule has 0 bridgehead atoms. The van der Waals surface area contributed by atoms with E-state index < -0.39 is 30.3 Å². The fraction of sp³-hybridized carbons (Fsp3) is 0.300. The van der Waals surface area contributed by atoms with Crippen molar-refractivity contribution in [3.05, 3.63) is 89.5 Å².